The monoisotopic (exact) mass is 383 g/mol. The molecular weight excluding hydrogens is 365 g/mol. The number of hydrogen-bond acceptors (Lipinski definition) is 5. The minimum absolute atomic E-state index is 0.0200. The van der Waals surface area contributed by atoms with Crippen LogP contribution in [-0.4, -0.2) is 30.0 Å². The molecule has 1 heterocycles. The summed E-state index contributed by atoms with van der Waals surface area (Å²) in [5.74, 6) is -0.696. The first-order valence-electron chi connectivity index (χ1n) is 7.41. The lowest BCUT2D eigenvalue weighted by atomic mass is 10.2. The van der Waals surface area contributed by atoms with Crippen LogP contribution in [0.2, 0.25) is 10.0 Å². The SMILES string of the molecule is CCOC(=O)CN.Cc1ccc(NC(=O)c2c(Cl)cncc2Cl)cc1. The second kappa shape index (κ2) is 10.7. The Morgan fingerprint density at radius 3 is 2.16 bits per heavy atom. The van der Waals surface area contributed by atoms with Gasteiger partial charge < -0.3 is 15.8 Å². The van der Waals surface area contributed by atoms with E-state index in [2.05, 4.69) is 15.0 Å². The van der Waals surface area contributed by atoms with Gasteiger partial charge in [0.05, 0.1) is 28.8 Å². The smallest absolute Gasteiger partial charge is 0.319 e. The Balaban J connectivity index is 0.000000381. The van der Waals surface area contributed by atoms with Crippen LogP contribution in [-0.2, 0) is 9.53 Å². The third kappa shape index (κ3) is 7.09. The van der Waals surface area contributed by atoms with Crippen LogP contribution >= 0.6 is 23.2 Å². The van der Waals surface area contributed by atoms with Crippen LogP contribution in [0.3, 0.4) is 0 Å². The van der Waals surface area contributed by atoms with Crippen molar-refractivity contribution in [2.24, 2.45) is 5.73 Å². The van der Waals surface area contributed by atoms with Crippen molar-refractivity contribution in [3.63, 3.8) is 0 Å². The van der Waals surface area contributed by atoms with Crippen LogP contribution in [0.15, 0.2) is 36.7 Å². The van der Waals surface area contributed by atoms with Crippen LogP contribution in [0.4, 0.5) is 5.69 Å². The molecule has 0 radical (unpaired) electrons. The fourth-order valence-corrected chi connectivity index (χ4v) is 2.21. The van der Waals surface area contributed by atoms with Gasteiger partial charge in [-0.15, -0.1) is 0 Å². The quantitative estimate of drug-likeness (QED) is 0.788. The number of amides is 1. The molecule has 1 amide bonds. The van der Waals surface area contributed by atoms with E-state index in [-0.39, 0.29) is 34.0 Å². The summed E-state index contributed by atoms with van der Waals surface area (Å²) in [5, 5.41) is 3.19. The van der Waals surface area contributed by atoms with Gasteiger partial charge in [0.15, 0.2) is 0 Å². The second-order valence-corrected chi connectivity index (χ2v) is 5.62. The fraction of sp³-hybridized carbons (Fsp3) is 0.235. The van der Waals surface area contributed by atoms with Crippen LogP contribution in [0.25, 0.3) is 0 Å². The molecule has 0 bridgehead atoms. The van der Waals surface area contributed by atoms with E-state index in [0.29, 0.717) is 12.3 Å². The molecule has 3 N–H and O–H groups in total. The Morgan fingerprint density at radius 2 is 1.72 bits per heavy atom. The van der Waals surface area contributed by atoms with Crippen molar-refractivity contribution in [1.29, 1.82) is 0 Å². The minimum Gasteiger partial charge on any atom is -0.465 e. The van der Waals surface area contributed by atoms with Gasteiger partial charge in [-0.1, -0.05) is 40.9 Å². The van der Waals surface area contributed by atoms with Gasteiger partial charge in [0, 0.05) is 18.1 Å². The Bertz CT molecular complexity index is 701. The first kappa shape index (κ1) is 20.9. The summed E-state index contributed by atoms with van der Waals surface area (Å²) >= 11 is 11.8. The summed E-state index contributed by atoms with van der Waals surface area (Å²) < 4.78 is 4.43. The maximum Gasteiger partial charge on any atom is 0.319 e. The van der Waals surface area contributed by atoms with Crippen molar-refractivity contribution in [1.82, 2.24) is 4.98 Å². The van der Waals surface area contributed by atoms with Gasteiger partial charge in [-0.05, 0) is 26.0 Å². The highest BCUT2D eigenvalue weighted by Crippen LogP contribution is 2.24. The van der Waals surface area contributed by atoms with E-state index in [1.807, 2.05) is 31.2 Å². The molecule has 2 rings (SSSR count). The molecule has 0 fully saturated rings. The predicted molar refractivity (Wildman–Crippen MR) is 99.1 cm³/mol. The minimum atomic E-state index is -0.351. The Kier molecular flexibility index (Phi) is 8.91. The Labute approximate surface area is 156 Å². The van der Waals surface area contributed by atoms with Gasteiger partial charge in [-0.2, -0.15) is 0 Å². The summed E-state index contributed by atoms with van der Waals surface area (Å²) in [7, 11) is 0. The predicted octanol–water partition coefficient (Wildman–Crippen LogP) is 3.46. The molecule has 0 spiro atoms. The fourth-order valence-electron chi connectivity index (χ4n) is 1.68. The number of hydrogen-bond donors (Lipinski definition) is 2. The lowest BCUT2D eigenvalue weighted by Gasteiger charge is -2.08. The number of halogens is 2. The van der Waals surface area contributed by atoms with Gasteiger partial charge in [0.25, 0.3) is 5.91 Å². The Morgan fingerprint density at radius 1 is 1.16 bits per heavy atom. The number of pyridine rings is 1. The second-order valence-electron chi connectivity index (χ2n) is 4.81. The first-order chi connectivity index (χ1) is 11.9. The number of rotatable bonds is 4. The number of esters is 1. The summed E-state index contributed by atoms with van der Waals surface area (Å²) in [6.45, 7) is 4.11. The van der Waals surface area contributed by atoms with E-state index in [4.69, 9.17) is 28.9 Å². The van der Waals surface area contributed by atoms with E-state index in [9.17, 15) is 9.59 Å². The average Bonchev–Trinajstić information content (AvgIpc) is 2.57. The van der Waals surface area contributed by atoms with E-state index in [1.54, 1.807) is 6.92 Å². The average molecular weight is 384 g/mol. The number of anilines is 1. The molecule has 8 heteroatoms. The number of carbonyl (C=O) groups excluding carboxylic acids is 2. The van der Waals surface area contributed by atoms with Crippen LogP contribution in [0, 0.1) is 6.92 Å². The number of carbonyl (C=O) groups is 2. The number of nitrogens with zero attached hydrogens (tertiary/aromatic N) is 1. The first-order valence-corrected chi connectivity index (χ1v) is 8.17. The molecule has 0 aliphatic carbocycles. The van der Waals surface area contributed by atoms with Crippen molar-refractivity contribution < 1.29 is 14.3 Å². The maximum atomic E-state index is 12.0. The van der Waals surface area contributed by atoms with Crippen LogP contribution in [0.1, 0.15) is 22.8 Å². The van der Waals surface area contributed by atoms with Crippen LogP contribution in [0.5, 0.6) is 0 Å². The Hall–Kier alpha value is -2.15. The maximum absolute atomic E-state index is 12.0. The molecule has 0 aliphatic heterocycles. The van der Waals surface area contributed by atoms with E-state index < -0.39 is 0 Å². The summed E-state index contributed by atoms with van der Waals surface area (Å²) in [6, 6.07) is 7.45. The lowest BCUT2D eigenvalue weighted by Crippen LogP contribution is -2.16. The molecule has 0 aliphatic rings. The van der Waals surface area contributed by atoms with Gasteiger partial charge >= 0.3 is 5.97 Å². The molecule has 1 aromatic carbocycles. The zero-order chi connectivity index (χ0) is 18.8. The van der Waals surface area contributed by atoms with Gasteiger partial charge in [-0.3, -0.25) is 14.6 Å². The van der Waals surface area contributed by atoms with Crippen molar-refractivity contribution in [2.75, 3.05) is 18.5 Å². The summed E-state index contributed by atoms with van der Waals surface area (Å²) in [5.41, 5.74) is 6.92. The van der Waals surface area contributed by atoms with Crippen molar-refractivity contribution in [2.45, 2.75) is 13.8 Å². The highest BCUT2D eigenvalue weighted by molar-refractivity contribution is 6.40. The van der Waals surface area contributed by atoms with Gasteiger partial charge in [0.2, 0.25) is 0 Å². The highest BCUT2D eigenvalue weighted by Gasteiger charge is 2.15. The summed E-state index contributed by atoms with van der Waals surface area (Å²) in [4.78, 5) is 25.9. The summed E-state index contributed by atoms with van der Waals surface area (Å²) in [6.07, 6.45) is 2.77. The molecule has 2 aromatic rings. The highest BCUT2D eigenvalue weighted by atomic mass is 35.5. The third-order valence-electron chi connectivity index (χ3n) is 2.86. The zero-order valence-corrected chi connectivity index (χ0v) is 15.4. The molecule has 1 aromatic heterocycles. The number of nitrogens with two attached hydrogens (primary N) is 1. The molecule has 6 nitrogen and oxygen atoms in total. The van der Waals surface area contributed by atoms with Crippen molar-refractivity contribution in [3.05, 3.63) is 57.8 Å². The molecule has 0 saturated heterocycles. The standard InChI is InChI=1S/C13H10Cl2N2O.C4H9NO2/c1-8-2-4-9(5-3-8)17-13(18)12-10(14)6-16-7-11(12)15;1-2-7-4(6)3-5/h2-7H,1H3,(H,17,18);2-3,5H2,1H3. The lowest BCUT2D eigenvalue weighted by molar-refractivity contribution is -0.141. The number of nitrogens with one attached hydrogen (secondary N) is 1. The van der Waals surface area contributed by atoms with Crippen molar-refractivity contribution >= 4 is 40.8 Å². The number of benzene rings is 1. The zero-order valence-electron chi connectivity index (χ0n) is 13.9. The molecule has 0 atom stereocenters. The molecular formula is C17H19Cl2N3O3. The number of aryl methyl sites for hydroxylation is 1. The number of ether oxygens (including phenoxy) is 1. The van der Waals surface area contributed by atoms with Gasteiger partial charge in [0.1, 0.15) is 0 Å². The van der Waals surface area contributed by atoms with E-state index in [1.165, 1.54) is 12.4 Å². The van der Waals surface area contributed by atoms with Crippen molar-refractivity contribution in [3.8, 4) is 0 Å². The topological polar surface area (TPSA) is 94.3 Å². The van der Waals surface area contributed by atoms with Crippen LogP contribution < -0.4 is 11.1 Å². The largest absolute Gasteiger partial charge is 0.465 e. The molecule has 0 unspecified atom stereocenters. The molecule has 25 heavy (non-hydrogen) atoms. The third-order valence-corrected chi connectivity index (χ3v) is 3.44. The normalized spacial score (nSPS) is 9.64. The van der Waals surface area contributed by atoms with E-state index >= 15 is 0 Å². The molecule has 134 valence electrons. The molecule has 0 saturated carbocycles. The van der Waals surface area contributed by atoms with Gasteiger partial charge in [-0.25, -0.2) is 0 Å². The van der Waals surface area contributed by atoms with E-state index in [0.717, 1.165) is 5.56 Å². The number of aromatic nitrogens is 1.